The third-order valence-corrected chi connectivity index (χ3v) is 1.80. The van der Waals surface area contributed by atoms with E-state index in [2.05, 4.69) is 15.7 Å². The number of nitrogens with two attached hydrogens (primary N) is 1. The van der Waals surface area contributed by atoms with Crippen molar-refractivity contribution in [1.29, 1.82) is 0 Å². The van der Waals surface area contributed by atoms with E-state index in [1.54, 1.807) is 6.07 Å². The third kappa shape index (κ3) is 3.73. The number of nitrogens with one attached hydrogen (secondary N) is 2. The Kier molecular flexibility index (Phi) is 4.33. The van der Waals surface area contributed by atoms with Crippen LogP contribution in [0.1, 0.15) is 6.92 Å². The van der Waals surface area contributed by atoms with Crippen molar-refractivity contribution < 1.29 is 4.39 Å². The molecular weight excluding hydrogens is 219 g/mol. The maximum atomic E-state index is 13.0. The molecule has 0 radical (unpaired) electrons. The Labute approximate surface area is 92.3 Å². The molecular formula is C9H12ClFN4. The predicted molar refractivity (Wildman–Crippen MR) is 60.3 cm³/mol. The van der Waals surface area contributed by atoms with Crippen LogP contribution >= 0.6 is 11.6 Å². The first kappa shape index (κ1) is 11.7. The minimum Gasteiger partial charge on any atom is -0.325 e. The molecule has 0 aliphatic heterocycles. The van der Waals surface area contributed by atoms with E-state index < -0.39 is 5.82 Å². The molecule has 0 heterocycles. The first-order valence-electron chi connectivity index (χ1n) is 4.40. The maximum Gasteiger partial charge on any atom is 0.210 e. The minimum absolute atomic E-state index is 0.311. The smallest absolute Gasteiger partial charge is 0.210 e. The molecule has 0 fully saturated rings. The Hall–Kier alpha value is -1.33. The molecule has 0 atom stereocenters. The van der Waals surface area contributed by atoms with Gasteiger partial charge in [-0.2, -0.15) is 0 Å². The predicted octanol–water partition coefficient (Wildman–Crippen LogP) is 1.73. The van der Waals surface area contributed by atoms with Crippen LogP contribution in [0, 0.1) is 5.82 Å². The fraction of sp³-hybridized carbons (Fsp3) is 0.222. The lowest BCUT2D eigenvalue weighted by Crippen LogP contribution is -2.36. The van der Waals surface area contributed by atoms with E-state index in [9.17, 15) is 4.39 Å². The topological polar surface area (TPSA) is 62.4 Å². The van der Waals surface area contributed by atoms with Crippen molar-refractivity contribution in [2.75, 3.05) is 11.9 Å². The Morgan fingerprint density at radius 1 is 1.53 bits per heavy atom. The molecule has 0 saturated carbocycles. The molecule has 0 amide bonds. The zero-order valence-electron chi connectivity index (χ0n) is 8.22. The second-order valence-corrected chi connectivity index (χ2v) is 3.19. The first-order chi connectivity index (χ1) is 7.15. The van der Waals surface area contributed by atoms with Crippen molar-refractivity contribution in [3.63, 3.8) is 0 Å². The van der Waals surface area contributed by atoms with Crippen LogP contribution in [0.4, 0.5) is 10.1 Å². The fourth-order valence-corrected chi connectivity index (χ4v) is 1.26. The number of hydrogen-bond acceptors (Lipinski definition) is 2. The average molecular weight is 231 g/mol. The van der Waals surface area contributed by atoms with E-state index in [-0.39, 0.29) is 0 Å². The van der Waals surface area contributed by atoms with Crippen LogP contribution < -0.4 is 16.6 Å². The number of nitrogens with zero attached hydrogens (tertiary/aromatic N) is 1. The summed E-state index contributed by atoms with van der Waals surface area (Å²) in [7, 11) is 0. The summed E-state index contributed by atoms with van der Waals surface area (Å²) in [5, 5.41) is 3.11. The second kappa shape index (κ2) is 5.53. The van der Waals surface area contributed by atoms with Gasteiger partial charge in [0.25, 0.3) is 0 Å². The number of anilines is 1. The van der Waals surface area contributed by atoms with E-state index in [4.69, 9.17) is 17.4 Å². The van der Waals surface area contributed by atoms with Crippen LogP contribution in [0.15, 0.2) is 23.2 Å². The van der Waals surface area contributed by atoms with Crippen molar-refractivity contribution in [2.24, 2.45) is 10.8 Å². The Morgan fingerprint density at radius 3 is 2.80 bits per heavy atom. The summed E-state index contributed by atoms with van der Waals surface area (Å²) in [6, 6.07) is 4.10. The van der Waals surface area contributed by atoms with Gasteiger partial charge in [-0.1, -0.05) is 11.6 Å². The van der Waals surface area contributed by atoms with Crippen molar-refractivity contribution in [3.05, 3.63) is 29.0 Å². The summed E-state index contributed by atoms with van der Waals surface area (Å²) in [5.74, 6) is 5.15. The highest BCUT2D eigenvalue weighted by Gasteiger charge is 2.01. The molecule has 4 nitrogen and oxygen atoms in total. The average Bonchev–Trinajstić information content (AvgIpc) is 2.15. The van der Waals surface area contributed by atoms with Gasteiger partial charge >= 0.3 is 0 Å². The third-order valence-electron chi connectivity index (χ3n) is 1.58. The van der Waals surface area contributed by atoms with Crippen molar-refractivity contribution in [1.82, 2.24) is 5.43 Å². The minimum atomic E-state index is -0.419. The van der Waals surface area contributed by atoms with Crippen LogP contribution in [-0.4, -0.2) is 12.5 Å². The molecule has 1 aromatic rings. The van der Waals surface area contributed by atoms with Crippen LogP contribution in [0.2, 0.25) is 5.02 Å². The van der Waals surface area contributed by atoms with E-state index in [0.717, 1.165) is 0 Å². The largest absolute Gasteiger partial charge is 0.325 e. The monoisotopic (exact) mass is 230 g/mol. The van der Waals surface area contributed by atoms with Gasteiger partial charge in [-0.15, -0.1) is 0 Å². The van der Waals surface area contributed by atoms with Crippen molar-refractivity contribution in [3.8, 4) is 0 Å². The molecule has 15 heavy (non-hydrogen) atoms. The standard InChI is InChI=1S/C9H12ClFN4/c1-2-13-9(15-12)14-8-4-6(10)3-7(11)5-8/h3-5H,2,12H2,1H3,(H2,13,14,15). The highest BCUT2D eigenvalue weighted by atomic mass is 35.5. The molecule has 0 aromatic heterocycles. The summed E-state index contributed by atoms with van der Waals surface area (Å²) in [6.45, 7) is 2.42. The lowest BCUT2D eigenvalue weighted by atomic mass is 10.3. The van der Waals surface area contributed by atoms with E-state index in [1.807, 2.05) is 6.92 Å². The highest BCUT2D eigenvalue weighted by Crippen LogP contribution is 2.17. The van der Waals surface area contributed by atoms with Crippen LogP contribution in [0.25, 0.3) is 0 Å². The quantitative estimate of drug-likeness (QED) is 0.314. The van der Waals surface area contributed by atoms with Gasteiger partial charge in [0.1, 0.15) is 5.82 Å². The number of hydrogen-bond donors (Lipinski definition) is 3. The Morgan fingerprint density at radius 2 is 2.27 bits per heavy atom. The van der Waals surface area contributed by atoms with Gasteiger partial charge in [0, 0.05) is 17.3 Å². The highest BCUT2D eigenvalue weighted by molar-refractivity contribution is 6.30. The van der Waals surface area contributed by atoms with Gasteiger partial charge in [0.2, 0.25) is 5.96 Å². The number of guanidine groups is 1. The second-order valence-electron chi connectivity index (χ2n) is 2.75. The molecule has 0 aliphatic rings. The number of rotatable bonds is 2. The van der Waals surface area contributed by atoms with Crippen LogP contribution in [-0.2, 0) is 0 Å². The normalized spacial score (nSPS) is 11.3. The summed E-state index contributed by atoms with van der Waals surface area (Å²) in [6.07, 6.45) is 0. The van der Waals surface area contributed by atoms with Gasteiger partial charge in [-0.25, -0.2) is 10.2 Å². The first-order valence-corrected chi connectivity index (χ1v) is 4.77. The molecule has 0 bridgehead atoms. The summed E-state index contributed by atoms with van der Waals surface area (Å²) < 4.78 is 13.0. The zero-order chi connectivity index (χ0) is 11.3. The van der Waals surface area contributed by atoms with E-state index in [0.29, 0.717) is 23.2 Å². The number of aliphatic imine (C=N–C) groups is 1. The van der Waals surface area contributed by atoms with Gasteiger partial charge in [0.15, 0.2) is 0 Å². The molecule has 0 unspecified atom stereocenters. The molecule has 0 spiro atoms. The SMILES string of the molecule is CCN=C(NN)Nc1cc(F)cc(Cl)c1. The van der Waals surface area contributed by atoms with Crippen molar-refractivity contribution >= 4 is 23.2 Å². The molecule has 0 saturated heterocycles. The fourth-order valence-electron chi connectivity index (χ4n) is 1.04. The van der Waals surface area contributed by atoms with Crippen LogP contribution in [0.3, 0.4) is 0 Å². The summed E-state index contributed by atoms with van der Waals surface area (Å²) >= 11 is 5.68. The van der Waals surface area contributed by atoms with E-state index >= 15 is 0 Å². The summed E-state index contributed by atoms with van der Waals surface area (Å²) in [4.78, 5) is 4.00. The maximum absolute atomic E-state index is 13.0. The van der Waals surface area contributed by atoms with Crippen molar-refractivity contribution in [2.45, 2.75) is 6.92 Å². The molecule has 1 rings (SSSR count). The molecule has 4 N–H and O–H groups in total. The number of halogens is 2. The van der Waals surface area contributed by atoms with Gasteiger partial charge in [-0.05, 0) is 25.1 Å². The Bertz CT molecular complexity index is 347. The lowest BCUT2D eigenvalue weighted by Gasteiger charge is -2.08. The molecule has 1 aromatic carbocycles. The molecule has 82 valence electrons. The Balaban J connectivity index is 2.83. The van der Waals surface area contributed by atoms with Gasteiger partial charge in [-0.3, -0.25) is 10.4 Å². The summed E-state index contributed by atoms with van der Waals surface area (Å²) in [5.41, 5.74) is 2.85. The van der Waals surface area contributed by atoms with Crippen LogP contribution in [0.5, 0.6) is 0 Å². The molecule has 0 aliphatic carbocycles. The number of hydrazine groups is 1. The molecule has 6 heteroatoms. The van der Waals surface area contributed by atoms with E-state index in [1.165, 1.54) is 12.1 Å². The lowest BCUT2D eigenvalue weighted by molar-refractivity contribution is 0.628. The zero-order valence-corrected chi connectivity index (χ0v) is 8.98. The van der Waals surface area contributed by atoms with Gasteiger partial charge < -0.3 is 5.32 Å². The number of benzene rings is 1. The van der Waals surface area contributed by atoms with Gasteiger partial charge in [0.05, 0.1) is 0 Å².